The van der Waals surface area contributed by atoms with Crippen molar-refractivity contribution in [3.63, 3.8) is 0 Å². The largest absolute Gasteiger partial charge is 0.350 e. The average Bonchev–Trinajstić information content (AvgIpc) is 3.24. The molecule has 1 fully saturated rings. The van der Waals surface area contributed by atoms with Gasteiger partial charge in [0.25, 0.3) is 0 Å². The van der Waals surface area contributed by atoms with Gasteiger partial charge in [-0.1, -0.05) is 25.1 Å². The number of carbonyl (C=O) groups is 1. The van der Waals surface area contributed by atoms with Crippen molar-refractivity contribution in [1.29, 1.82) is 0 Å². The van der Waals surface area contributed by atoms with Gasteiger partial charge >= 0.3 is 0 Å². The van der Waals surface area contributed by atoms with Crippen molar-refractivity contribution in [1.82, 2.24) is 10.2 Å². The number of hydrogen-bond donors (Lipinski definition) is 1. The van der Waals surface area contributed by atoms with Gasteiger partial charge in [-0.25, -0.2) is 4.39 Å². The molecule has 0 radical (unpaired) electrons. The van der Waals surface area contributed by atoms with Crippen LogP contribution in [0, 0.1) is 5.82 Å². The molecule has 0 bridgehead atoms. The normalized spacial score (nSPS) is 15.3. The van der Waals surface area contributed by atoms with Gasteiger partial charge in [-0.15, -0.1) is 0 Å². The first kappa shape index (κ1) is 16.0. The van der Waals surface area contributed by atoms with Crippen molar-refractivity contribution >= 4 is 5.91 Å². The molecule has 2 rings (SSSR count). The molecule has 3 nitrogen and oxygen atoms in total. The van der Waals surface area contributed by atoms with Gasteiger partial charge in [0.2, 0.25) is 5.91 Å². The molecule has 0 unspecified atom stereocenters. The summed E-state index contributed by atoms with van der Waals surface area (Å²) in [6.07, 6.45) is 3.08. The van der Waals surface area contributed by atoms with Gasteiger partial charge in [0.05, 0.1) is 6.54 Å². The summed E-state index contributed by atoms with van der Waals surface area (Å²) >= 11 is 0. The zero-order valence-electron chi connectivity index (χ0n) is 13.2. The van der Waals surface area contributed by atoms with E-state index in [9.17, 15) is 9.18 Å². The Morgan fingerprint density at radius 1 is 1.38 bits per heavy atom. The zero-order valence-corrected chi connectivity index (χ0v) is 13.2. The summed E-state index contributed by atoms with van der Waals surface area (Å²) in [4.78, 5) is 14.3. The van der Waals surface area contributed by atoms with E-state index in [1.54, 1.807) is 12.1 Å². The summed E-state index contributed by atoms with van der Waals surface area (Å²) in [7, 11) is 0. The third-order valence-corrected chi connectivity index (χ3v) is 4.10. The van der Waals surface area contributed by atoms with E-state index in [1.165, 1.54) is 6.07 Å². The summed E-state index contributed by atoms with van der Waals surface area (Å²) in [5, 5.41) is 3.05. The van der Waals surface area contributed by atoms with Crippen LogP contribution >= 0.6 is 0 Å². The fraction of sp³-hybridized carbons (Fsp3) is 0.588. The highest BCUT2D eigenvalue weighted by Gasteiger charge is 2.31. The minimum Gasteiger partial charge on any atom is -0.350 e. The first-order valence-corrected chi connectivity index (χ1v) is 7.70. The van der Waals surface area contributed by atoms with Crippen molar-refractivity contribution in [3.8, 4) is 0 Å². The Kier molecular flexibility index (Phi) is 4.99. The number of nitrogens with zero attached hydrogens (tertiary/aromatic N) is 1. The van der Waals surface area contributed by atoms with Gasteiger partial charge < -0.3 is 5.32 Å². The van der Waals surface area contributed by atoms with E-state index in [-0.39, 0.29) is 17.3 Å². The lowest BCUT2D eigenvalue weighted by Crippen LogP contribution is -2.47. The first-order valence-electron chi connectivity index (χ1n) is 7.70. The predicted molar refractivity (Wildman–Crippen MR) is 82.3 cm³/mol. The molecule has 4 heteroatoms. The van der Waals surface area contributed by atoms with Crippen LogP contribution in [0.1, 0.15) is 45.6 Å². The van der Waals surface area contributed by atoms with Gasteiger partial charge in [-0.3, -0.25) is 9.69 Å². The molecule has 1 aliphatic carbocycles. The number of benzene rings is 1. The third-order valence-electron chi connectivity index (χ3n) is 4.10. The highest BCUT2D eigenvalue weighted by molar-refractivity contribution is 5.78. The molecule has 116 valence electrons. The fourth-order valence-corrected chi connectivity index (χ4v) is 2.29. The first-order chi connectivity index (χ1) is 9.91. The minimum atomic E-state index is -0.197. The summed E-state index contributed by atoms with van der Waals surface area (Å²) < 4.78 is 13.8. The Morgan fingerprint density at radius 3 is 2.62 bits per heavy atom. The maximum atomic E-state index is 13.8. The van der Waals surface area contributed by atoms with Crippen LogP contribution < -0.4 is 5.32 Å². The third kappa shape index (κ3) is 4.81. The van der Waals surface area contributed by atoms with E-state index in [4.69, 9.17) is 0 Å². The SMILES string of the molecule is CCC(C)(C)NC(=O)CN(Cc1ccccc1F)C1CC1. The Bertz CT molecular complexity index is 497. The summed E-state index contributed by atoms with van der Waals surface area (Å²) in [6, 6.07) is 7.21. The Labute approximate surface area is 126 Å². The quantitative estimate of drug-likeness (QED) is 0.837. The number of halogens is 1. The second kappa shape index (κ2) is 6.56. The molecule has 1 N–H and O–H groups in total. The van der Waals surface area contributed by atoms with Gasteiger partial charge in [-0.05, 0) is 39.2 Å². The van der Waals surface area contributed by atoms with Crippen LogP contribution in [-0.4, -0.2) is 28.9 Å². The molecule has 0 atom stereocenters. The van der Waals surface area contributed by atoms with E-state index in [0.29, 0.717) is 24.7 Å². The highest BCUT2D eigenvalue weighted by Crippen LogP contribution is 2.28. The molecule has 1 saturated carbocycles. The van der Waals surface area contributed by atoms with Crippen LogP contribution in [0.3, 0.4) is 0 Å². The van der Waals surface area contributed by atoms with Crippen molar-refractivity contribution in [2.45, 2.75) is 58.2 Å². The van der Waals surface area contributed by atoms with E-state index in [2.05, 4.69) is 17.1 Å². The number of amides is 1. The van der Waals surface area contributed by atoms with Gasteiger partial charge in [0, 0.05) is 23.7 Å². The second-order valence-electron chi connectivity index (χ2n) is 6.51. The number of carbonyl (C=O) groups excluding carboxylic acids is 1. The highest BCUT2D eigenvalue weighted by atomic mass is 19.1. The molecule has 1 amide bonds. The van der Waals surface area contributed by atoms with Crippen molar-refractivity contribution in [2.75, 3.05) is 6.54 Å². The molecular weight excluding hydrogens is 267 g/mol. The lowest BCUT2D eigenvalue weighted by molar-refractivity contribution is -0.124. The lowest BCUT2D eigenvalue weighted by Gasteiger charge is -2.27. The zero-order chi connectivity index (χ0) is 15.5. The molecule has 0 saturated heterocycles. The van der Waals surface area contributed by atoms with Crippen molar-refractivity contribution in [2.24, 2.45) is 0 Å². The summed E-state index contributed by atoms with van der Waals surface area (Å²) in [5.41, 5.74) is 0.469. The van der Waals surface area contributed by atoms with Crippen LogP contribution in [0.2, 0.25) is 0 Å². The second-order valence-corrected chi connectivity index (χ2v) is 6.51. The fourth-order valence-electron chi connectivity index (χ4n) is 2.29. The lowest BCUT2D eigenvalue weighted by atomic mass is 10.0. The number of nitrogens with one attached hydrogen (secondary N) is 1. The van der Waals surface area contributed by atoms with E-state index in [0.717, 1.165) is 19.3 Å². The average molecular weight is 292 g/mol. The number of rotatable bonds is 7. The maximum Gasteiger partial charge on any atom is 0.234 e. The van der Waals surface area contributed by atoms with Gasteiger partial charge in [0.15, 0.2) is 0 Å². The smallest absolute Gasteiger partial charge is 0.234 e. The Hall–Kier alpha value is -1.42. The summed E-state index contributed by atoms with van der Waals surface area (Å²) in [5.74, 6) is -0.178. The molecule has 1 aliphatic rings. The van der Waals surface area contributed by atoms with Crippen LogP contribution in [0.15, 0.2) is 24.3 Å². The van der Waals surface area contributed by atoms with E-state index >= 15 is 0 Å². The minimum absolute atomic E-state index is 0.0186. The van der Waals surface area contributed by atoms with Crippen LogP contribution in [-0.2, 0) is 11.3 Å². The molecule has 1 aromatic rings. The molecule has 0 aromatic heterocycles. The molecule has 0 spiro atoms. The van der Waals surface area contributed by atoms with E-state index < -0.39 is 0 Å². The molecule has 1 aromatic carbocycles. The maximum absolute atomic E-state index is 13.8. The van der Waals surface area contributed by atoms with E-state index in [1.807, 2.05) is 19.9 Å². The topological polar surface area (TPSA) is 32.3 Å². The van der Waals surface area contributed by atoms with Gasteiger partial charge in [0.1, 0.15) is 5.82 Å². The standard InChI is InChI=1S/C17H25FN2O/c1-4-17(2,3)19-16(21)12-20(14-9-10-14)11-13-7-5-6-8-15(13)18/h5-8,14H,4,9-12H2,1-3H3,(H,19,21). The Morgan fingerprint density at radius 2 is 2.05 bits per heavy atom. The predicted octanol–water partition coefficient (Wildman–Crippen LogP) is 3.09. The molecule has 0 heterocycles. The Balaban J connectivity index is 1.97. The van der Waals surface area contributed by atoms with Crippen LogP contribution in [0.5, 0.6) is 0 Å². The number of hydrogen-bond acceptors (Lipinski definition) is 2. The van der Waals surface area contributed by atoms with Crippen molar-refractivity contribution in [3.05, 3.63) is 35.6 Å². The van der Waals surface area contributed by atoms with Crippen LogP contribution in [0.25, 0.3) is 0 Å². The van der Waals surface area contributed by atoms with Crippen molar-refractivity contribution < 1.29 is 9.18 Å². The summed E-state index contributed by atoms with van der Waals surface area (Å²) in [6.45, 7) is 6.92. The molecular formula is C17H25FN2O. The van der Waals surface area contributed by atoms with Crippen LogP contribution in [0.4, 0.5) is 4.39 Å². The molecule has 0 aliphatic heterocycles. The molecule has 21 heavy (non-hydrogen) atoms. The monoisotopic (exact) mass is 292 g/mol. The van der Waals surface area contributed by atoms with Gasteiger partial charge in [-0.2, -0.15) is 0 Å².